The molecule has 1 fully saturated rings. The number of sulfonamides is 1. The van der Waals surface area contributed by atoms with Crippen molar-refractivity contribution < 1.29 is 13.2 Å². The quantitative estimate of drug-likeness (QED) is 0.852. The van der Waals surface area contributed by atoms with Crippen molar-refractivity contribution in [2.75, 3.05) is 13.1 Å². The van der Waals surface area contributed by atoms with E-state index < -0.39 is 10.0 Å². The fraction of sp³-hybridized carbons (Fsp3) is 0.417. The van der Waals surface area contributed by atoms with E-state index in [0.717, 1.165) is 0 Å². The SMILES string of the molecule is O=C1CCN(S(=O)(=O)Cc2ccc(Cl)cc2)CC1. The molecule has 4 nitrogen and oxygen atoms in total. The Labute approximate surface area is 112 Å². The van der Waals surface area contributed by atoms with Crippen molar-refractivity contribution in [3.05, 3.63) is 34.9 Å². The predicted molar refractivity (Wildman–Crippen MR) is 69.9 cm³/mol. The third kappa shape index (κ3) is 3.31. The molecule has 1 saturated heterocycles. The molecule has 1 aromatic rings. The molecule has 0 saturated carbocycles. The first-order valence-electron chi connectivity index (χ1n) is 5.71. The second-order valence-electron chi connectivity index (χ2n) is 4.32. The molecule has 1 aliphatic rings. The molecule has 0 aliphatic carbocycles. The van der Waals surface area contributed by atoms with Gasteiger partial charge in [0.25, 0.3) is 0 Å². The van der Waals surface area contributed by atoms with E-state index >= 15 is 0 Å². The Kier molecular flexibility index (Phi) is 4.04. The Morgan fingerprint density at radius 3 is 2.22 bits per heavy atom. The largest absolute Gasteiger partial charge is 0.300 e. The van der Waals surface area contributed by atoms with Gasteiger partial charge in [-0.15, -0.1) is 0 Å². The maximum absolute atomic E-state index is 12.1. The second-order valence-corrected chi connectivity index (χ2v) is 6.73. The van der Waals surface area contributed by atoms with E-state index in [2.05, 4.69) is 0 Å². The number of nitrogens with zero attached hydrogens (tertiary/aromatic N) is 1. The number of halogens is 1. The Morgan fingerprint density at radius 1 is 1.11 bits per heavy atom. The molecule has 0 spiro atoms. The van der Waals surface area contributed by atoms with Gasteiger partial charge in [0.05, 0.1) is 5.75 Å². The van der Waals surface area contributed by atoms with Gasteiger partial charge in [-0.3, -0.25) is 4.79 Å². The van der Waals surface area contributed by atoms with Gasteiger partial charge in [-0.2, -0.15) is 0 Å². The van der Waals surface area contributed by atoms with Crippen LogP contribution in [0.1, 0.15) is 18.4 Å². The van der Waals surface area contributed by atoms with E-state index in [0.29, 0.717) is 36.5 Å². The van der Waals surface area contributed by atoms with Gasteiger partial charge in [-0.1, -0.05) is 23.7 Å². The first kappa shape index (κ1) is 13.5. The lowest BCUT2D eigenvalue weighted by Crippen LogP contribution is -2.39. The summed E-state index contributed by atoms with van der Waals surface area (Å²) in [5.74, 6) is 0.0891. The van der Waals surface area contributed by atoms with Crippen LogP contribution in [-0.2, 0) is 20.6 Å². The molecule has 1 aromatic carbocycles. The summed E-state index contributed by atoms with van der Waals surface area (Å²) in [5, 5.41) is 0.583. The average molecular weight is 288 g/mol. The van der Waals surface area contributed by atoms with Crippen LogP contribution in [0, 0.1) is 0 Å². The number of hydrogen-bond donors (Lipinski definition) is 0. The summed E-state index contributed by atoms with van der Waals surface area (Å²) < 4.78 is 25.6. The zero-order valence-electron chi connectivity index (χ0n) is 9.80. The van der Waals surface area contributed by atoms with Crippen LogP contribution in [-0.4, -0.2) is 31.6 Å². The molecule has 18 heavy (non-hydrogen) atoms. The third-order valence-corrected chi connectivity index (χ3v) is 5.04. The zero-order chi connectivity index (χ0) is 13.2. The first-order valence-corrected chi connectivity index (χ1v) is 7.70. The molecule has 0 atom stereocenters. The van der Waals surface area contributed by atoms with E-state index in [-0.39, 0.29) is 11.5 Å². The molecule has 0 amide bonds. The summed E-state index contributed by atoms with van der Waals surface area (Å²) in [6.07, 6.45) is 0.639. The van der Waals surface area contributed by atoms with Crippen molar-refractivity contribution in [1.29, 1.82) is 0 Å². The molecule has 98 valence electrons. The van der Waals surface area contributed by atoms with E-state index in [1.807, 2.05) is 0 Å². The van der Waals surface area contributed by atoms with Crippen molar-refractivity contribution >= 4 is 27.4 Å². The number of piperidine rings is 1. The maximum Gasteiger partial charge on any atom is 0.218 e. The fourth-order valence-electron chi connectivity index (χ4n) is 1.90. The Balaban J connectivity index is 2.07. The van der Waals surface area contributed by atoms with Gasteiger partial charge in [0.15, 0.2) is 0 Å². The van der Waals surface area contributed by atoms with Crippen LogP contribution < -0.4 is 0 Å². The second kappa shape index (κ2) is 5.38. The van der Waals surface area contributed by atoms with Crippen LogP contribution in [0.4, 0.5) is 0 Å². The van der Waals surface area contributed by atoms with Gasteiger partial charge in [-0.25, -0.2) is 12.7 Å². The standard InChI is InChI=1S/C12H14ClNO3S/c13-11-3-1-10(2-4-11)9-18(16,17)14-7-5-12(15)6-8-14/h1-4H,5-9H2. The summed E-state index contributed by atoms with van der Waals surface area (Å²) in [4.78, 5) is 11.1. The number of benzene rings is 1. The topological polar surface area (TPSA) is 54.5 Å². The lowest BCUT2D eigenvalue weighted by Gasteiger charge is -2.25. The van der Waals surface area contributed by atoms with Gasteiger partial charge in [0.2, 0.25) is 10.0 Å². The maximum atomic E-state index is 12.1. The van der Waals surface area contributed by atoms with Crippen molar-refractivity contribution in [3.8, 4) is 0 Å². The number of rotatable bonds is 3. The van der Waals surface area contributed by atoms with Gasteiger partial charge >= 0.3 is 0 Å². The molecule has 1 aliphatic heterocycles. The summed E-state index contributed by atoms with van der Waals surface area (Å²) in [6.45, 7) is 0.601. The highest BCUT2D eigenvalue weighted by molar-refractivity contribution is 7.88. The van der Waals surface area contributed by atoms with Gasteiger partial charge in [0, 0.05) is 31.0 Å². The zero-order valence-corrected chi connectivity index (χ0v) is 11.4. The third-order valence-electron chi connectivity index (χ3n) is 2.94. The number of hydrogen-bond acceptors (Lipinski definition) is 3. The van der Waals surface area contributed by atoms with Crippen LogP contribution in [0.2, 0.25) is 5.02 Å². The van der Waals surface area contributed by atoms with Crippen LogP contribution in [0.25, 0.3) is 0 Å². The molecular formula is C12H14ClNO3S. The first-order chi connectivity index (χ1) is 8.47. The summed E-state index contributed by atoms with van der Waals surface area (Å²) in [6, 6.07) is 6.75. The Hall–Kier alpha value is -0.910. The minimum absolute atomic E-state index is 0.0433. The normalized spacial score (nSPS) is 17.9. The molecule has 0 unspecified atom stereocenters. The molecule has 2 rings (SSSR count). The Morgan fingerprint density at radius 2 is 1.67 bits per heavy atom. The van der Waals surface area contributed by atoms with Gasteiger partial charge in [0.1, 0.15) is 5.78 Å². The number of ketones is 1. The van der Waals surface area contributed by atoms with E-state index in [1.165, 1.54) is 4.31 Å². The molecule has 6 heteroatoms. The van der Waals surface area contributed by atoms with Crippen LogP contribution in [0.5, 0.6) is 0 Å². The molecule has 1 heterocycles. The van der Waals surface area contributed by atoms with Crippen LogP contribution >= 0.6 is 11.6 Å². The number of carbonyl (C=O) groups excluding carboxylic acids is 1. The lowest BCUT2D eigenvalue weighted by molar-refractivity contribution is -0.120. The highest BCUT2D eigenvalue weighted by Gasteiger charge is 2.26. The minimum Gasteiger partial charge on any atom is -0.300 e. The summed E-state index contributed by atoms with van der Waals surface area (Å²) in [7, 11) is -3.33. The van der Waals surface area contributed by atoms with Gasteiger partial charge in [-0.05, 0) is 17.7 Å². The summed E-state index contributed by atoms with van der Waals surface area (Å²) in [5.41, 5.74) is 0.705. The van der Waals surface area contributed by atoms with E-state index in [1.54, 1.807) is 24.3 Å². The smallest absolute Gasteiger partial charge is 0.218 e. The Bertz CT molecular complexity index is 529. The van der Waals surface area contributed by atoms with Gasteiger partial charge < -0.3 is 0 Å². The number of carbonyl (C=O) groups is 1. The van der Waals surface area contributed by atoms with Crippen LogP contribution in [0.3, 0.4) is 0 Å². The van der Waals surface area contributed by atoms with Crippen molar-refractivity contribution in [2.24, 2.45) is 0 Å². The molecule has 0 bridgehead atoms. The highest BCUT2D eigenvalue weighted by Crippen LogP contribution is 2.17. The van der Waals surface area contributed by atoms with Crippen molar-refractivity contribution in [1.82, 2.24) is 4.31 Å². The van der Waals surface area contributed by atoms with Crippen molar-refractivity contribution in [2.45, 2.75) is 18.6 Å². The monoisotopic (exact) mass is 287 g/mol. The van der Waals surface area contributed by atoms with Crippen LogP contribution in [0.15, 0.2) is 24.3 Å². The number of Topliss-reactive ketones (excluding diaryl/α,β-unsaturated/α-hetero) is 1. The molecular weight excluding hydrogens is 274 g/mol. The van der Waals surface area contributed by atoms with Crippen molar-refractivity contribution in [3.63, 3.8) is 0 Å². The average Bonchev–Trinajstić information content (AvgIpc) is 2.32. The lowest BCUT2D eigenvalue weighted by atomic mass is 10.1. The van der Waals surface area contributed by atoms with E-state index in [4.69, 9.17) is 11.6 Å². The van der Waals surface area contributed by atoms with E-state index in [9.17, 15) is 13.2 Å². The molecule has 0 N–H and O–H groups in total. The minimum atomic E-state index is -3.33. The highest BCUT2D eigenvalue weighted by atomic mass is 35.5. The molecule has 0 radical (unpaired) electrons. The predicted octanol–water partition coefficient (Wildman–Crippen LogP) is 1.83. The summed E-state index contributed by atoms with van der Waals surface area (Å²) >= 11 is 5.75. The molecule has 0 aromatic heterocycles. The fourth-order valence-corrected chi connectivity index (χ4v) is 3.56.